The molecule has 0 radical (unpaired) electrons. The van der Waals surface area contributed by atoms with E-state index in [1.165, 1.54) is 0 Å². The molecule has 6 nitrogen and oxygen atoms in total. The van der Waals surface area contributed by atoms with Crippen LogP contribution in [0.5, 0.6) is 0 Å². The molecule has 0 saturated heterocycles. The minimum Gasteiger partial charge on any atom is -0.398 e. The Morgan fingerprint density at radius 3 is 2.75 bits per heavy atom. The number of nitrogens with zero attached hydrogens (tertiary/aromatic N) is 2. The lowest BCUT2D eigenvalue weighted by Crippen LogP contribution is -2.12. The van der Waals surface area contributed by atoms with Gasteiger partial charge in [0.1, 0.15) is 0 Å². The third kappa shape index (κ3) is 1.72. The molecule has 0 saturated carbocycles. The molecule has 0 atom stereocenters. The molecule has 82 valence electrons. The van der Waals surface area contributed by atoms with Gasteiger partial charge in [-0.25, -0.2) is 0 Å². The van der Waals surface area contributed by atoms with Gasteiger partial charge >= 0.3 is 0 Å². The zero-order chi connectivity index (χ0) is 11.7. The topological polar surface area (TPSA) is 108 Å². The van der Waals surface area contributed by atoms with Crippen molar-refractivity contribution in [3.8, 4) is 11.5 Å². The molecule has 0 spiro atoms. The number of aryl methyl sites for hydroxylation is 1. The largest absolute Gasteiger partial charge is 0.398 e. The van der Waals surface area contributed by atoms with Crippen molar-refractivity contribution in [2.45, 2.75) is 6.92 Å². The number of rotatable bonds is 2. The summed E-state index contributed by atoms with van der Waals surface area (Å²) in [4.78, 5) is 14.6. The summed E-state index contributed by atoms with van der Waals surface area (Å²) < 4.78 is 4.89. The van der Waals surface area contributed by atoms with Gasteiger partial charge in [0.2, 0.25) is 0 Å². The Morgan fingerprint density at radius 2 is 2.19 bits per heavy atom. The molecule has 0 bridgehead atoms. The highest BCUT2D eigenvalue weighted by molar-refractivity contribution is 5.89. The van der Waals surface area contributed by atoms with Gasteiger partial charge in [0, 0.05) is 11.3 Å². The number of carbonyl (C=O) groups excluding carboxylic acids is 1. The SMILES string of the molecule is Cc1ccc(-c2nc(C(N)=O)no2)cc1N. The molecule has 1 heterocycles. The molecule has 0 unspecified atom stereocenters. The number of amides is 1. The van der Waals surface area contributed by atoms with Gasteiger partial charge in [-0.05, 0) is 24.6 Å². The number of carbonyl (C=O) groups is 1. The molecular formula is C10H10N4O2. The van der Waals surface area contributed by atoms with Gasteiger partial charge in [0.05, 0.1) is 0 Å². The van der Waals surface area contributed by atoms with Gasteiger partial charge < -0.3 is 16.0 Å². The first-order valence-corrected chi connectivity index (χ1v) is 4.58. The van der Waals surface area contributed by atoms with Gasteiger partial charge in [-0.1, -0.05) is 11.2 Å². The highest BCUT2D eigenvalue weighted by atomic mass is 16.5. The quantitative estimate of drug-likeness (QED) is 0.722. The smallest absolute Gasteiger partial charge is 0.290 e. The molecule has 2 rings (SSSR count). The van der Waals surface area contributed by atoms with Crippen LogP contribution in [-0.2, 0) is 0 Å². The van der Waals surface area contributed by atoms with Crippen molar-refractivity contribution in [1.82, 2.24) is 10.1 Å². The first-order chi connectivity index (χ1) is 7.58. The summed E-state index contributed by atoms with van der Waals surface area (Å²) in [6.45, 7) is 1.89. The third-order valence-electron chi connectivity index (χ3n) is 2.17. The minimum absolute atomic E-state index is 0.144. The lowest BCUT2D eigenvalue weighted by Gasteiger charge is -2.00. The van der Waals surface area contributed by atoms with Crippen molar-refractivity contribution >= 4 is 11.6 Å². The molecule has 4 N–H and O–H groups in total. The van der Waals surface area contributed by atoms with Crippen molar-refractivity contribution in [3.63, 3.8) is 0 Å². The fourth-order valence-electron chi connectivity index (χ4n) is 1.21. The normalized spacial score (nSPS) is 10.3. The van der Waals surface area contributed by atoms with Crippen molar-refractivity contribution in [3.05, 3.63) is 29.6 Å². The molecule has 0 aliphatic heterocycles. The van der Waals surface area contributed by atoms with Crippen LogP contribution in [0.2, 0.25) is 0 Å². The summed E-state index contributed by atoms with van der Waals surface area (Å²) >= 11 is 0. The summed E-state index contributed by atoms with van der Waals surface area (Å²) in [6.07, 6.45) is 0. The van der Waals surface area contributed by atoms with E-state index in [0.717, 1.165) is 5.56 Å². The van der Waals surface area contributed by atoms with E-state index in [9.17, 15) is 4.79 Å². The number of aromatic nitrogens is 2. The highest BCUT2D eigenvalue weighted by Gasteiger charge is 2.12. The van der Waals surface area contributed by atoms with Crippen molar-refractivity contribution < 1.29 is 9.32 Å². The molecule has 2 aromatic rings. The molecule has 6 heteroatoms. The molecular weight excluding hydrogens is 208 g/mol. The van der Waals surface area contributed by atoms with E-state index in [1.54, 1.807) is 12.1 Å². The Hall–Kier alpha value is -2.37. The van der Waals surface area contributed by atoms with Crippen LogP contribution in [0, 0.1) is 6.92 Å². The summed E-state index contributed by atoms with van der Waals surface area (Å²) in [5, 5.41) is 3.44. The first-order valence-electron chi connectivity index (χ1n) is 4.58. The number of nitrogens with two attached hydrogens (primary N) is 2. The highest BCUT2D eigenvalue weighted by Crippen LogP contribution is 2.21. The molecule has 1 aromatic heterocycles. The lowest BCUT2D eigenvalue weighted by atomic mass is 10.1. The maximum absolute atomic E-state index is 10.8. The number of nitrogen functional groups attached to an aromatic ring is 1. The van der Waals surface area contributed by atoms with Crippen LogP contribution in [-0.4, -0.2) is 16.0 Å². The van der Waals surface area contributed by atoms with Crippen LogP contribution in [0.4, 0.5) is 5.69 Å². The van der Waals surface area contributed by atoms with Crippen molar-refractivity contribution in [2.24, 2.45) is 5.73 Å². The number of primary amides is 1. The van der Waals surface area contributed by atoms with Crippen LogP contribution in [0.15, 0.2) is 22.7 Å². The number of benzene rings is 1. The maximum Gasteiger partial charge on any atom is 0.290 e. The van der Waals surface area contributed by atoms with E-state index in [-0.39, 0.29) is 11.7 Å². The van der Waals surface area contributed by atoms with Gasteiger partial charge in [0.15, 0.2) is 0 Å². The van der Waals surface area contributed by atoms with E-state index in [2.05, 4.69) is 10.1 Å². The maximum atomic E-state index is 10.8. The second-order valence-electron chi connectivity index (χ2n) is 3.36. The summed E-state index contributed by atoms with van der Waals surface area (Å²) in [6, 6.07) is 5.32. The van der Waals surface area contributed by atoms with E-state index in [4.69, 9.17) is 16.0 Å². The Morgan fingerprint density at radius 1 is 1.44 bits per heavy atom. The molecule has 0 aliphatic rings. The molecule has 16 heavy (non-hydrogen) atoms. The van der Waals surface area contributed by atoms with Crippen LogP contribution in [0.1, 0.15) is 16.2 Å². The van der Waals surface area contributed by atoms with Crippen molar-refractivity contribution in [2.75, 3.05) is 5.73 Å². The van der Waals surface area contributed by atoms with Crippen LogP contribution < -0.4 is 11.5 Å². The fourth-order valence-corrected chi connectivity index (χ4v) is 1.21. The molecule has 0 fully saturated rings. The number of hydrogen-bond donors (Lipinski definition) is 2. The Balaban J connectivity index is 2.42. The van der Waals surface area contributed by atoms with Gasteiger partial charge in [-0.15, -0.1) is 0 Å². The molecule has 1 amide bonds. The van der Waals surface area contributed by atoms with E-state index < -0.39 is 5.91 Å². The Labute approximate surface area is 91.2 Å². The fraction of sp³-hybridized carbons (Fsp3) is 0.100. The van der Waals surface area contributed by atoms with Gasteiger partial charge in [-0.3, -0.25) is 4.79 Å². The summed E-state index contributed by atoms with van der Waals surface area (Å²) in [7, 11) is 0. The number of anilines is 1. The van der Waals surface area contributed by atoms with E-state index >= 15 is 0 Å². The van der Waals surface area contributed by atoms with E-state index in [1.807, 2.05) is 13.0 Å². The van der Waals surface area contributed by atoms with Crippen LogP contribution in [0.25, 0.3) is 11.5 Å². The van der Waals surface area contributed by atoms with Gasteiger partial charge in [0.25, 0.3) is 17.6 Å². The standard InChI is InChI=1S/C10H10N4O2/c1-5-2-3-6(4-7(5)11)10-13-9(8(12)15)14-16-10/h2-4H,11H2,1H3,(H2,12,15). The second kappa shape index (κ2) is 3.65. The van der Waals surface area contributed by atoms with E-state index in [0.29, 0.717) is 11.3 Å². The monoisotopic (exact) mass is 218 g/mol. The Bertz CT molecular complexity index is 548. The summed E-state index contributed by atoms with van der Waals surface area (Å²) in [5.41, 5.74) is 13.0. The predicted octanol–water partition coefficient (Wildman–Crippen LogP) is 0.726. The average molecular weight is 218 g/mol. The van der Waals surface area contributed by atoms with Gasteiger partial charge in [-0.2, -0.15) is 4.98 Å². The summed E-state index contributed by atoms with van der Waals surface area (Å²) in [5.74, 6) is -0.648. The predicted molar refractivity (Wildman–Crippen MR) is 57.4 cm³/mol. The van der Waals surface area contributed by atoms with Crippen LogP contribution in [0.3, 0.4) is 0 Å². The lowest BCUT2D eigenvalue weighted by molar-refractivity contribution is 0.0987. The third-order valence-corrected chi connectivity index (χ3v) is 2.17. The zero-order valence-electron chi connectivity index (χ0n) is 8.60. The zero-order valence-corrected chi connectivity index (χ0v) is 8.60. The van der Waals surface area contributed by atoms with Crippen molar-refractivity contribution in [1.29, 1.82) is 0 Å². The Kier molecular flexibility index (Phi) is 2.32. The first kappa shape index (κ1) is 10.2. The average Bonchev–Trinajstić information content (AvgIpc) is 2.71. The molecule has 0 aliphatic carbocycles. The molecule has 1 aromatic carbocycles. The second-order valence-corrected chi connectivity index (χ2v) is 3.36. The van der Waals surface area contributed by atoms with Crippen LogP contribution >= 0.6 is 0 Å². The minimum atomic E-state index is -0.727. The number of hydrogen-bond acceptors (Lipinski definition) is 5.